The third-order valence-corrected chi connectivity index (χ3v) is 13.8. The van der Waals surface area contributed by atoms with Gasteiger partial charge in [-0.2, -0.15) is 15.2 Å². The number of ether oxygens (including phenoxy) is 2. The average molecular weight is 909 g/mol. The smallest absolute Gasteiger partial charge is 0.318 e. The molecule has 0 bridgehead atoms. The van der Waals surface area contributed by atoms with Crippen LogP contribution in [0.2, 0.25) is 5.02 Å². The summed E-state index contributed by atoms with van der Waals surface area (Å²) in [5.41, 5.74) is 6.37. The lowest BCUT2D eigenvalue weighted by molar-refractivity contribution is -0.128. The number of carbonyl (C=O) groups excluding carboxylic acids is 3. The van der Waals surface area contributed by atoms with Crippen molar-refractivity contribution in [2.24, 2.45) is 5.92 Å². The number of carbonyl (C=O) groups is 3. The van der Waals surface area contributed by atoms with Crippen molar-refractivity contribution < 1.29 is 29.0 Å². The number of hydrogen-bond donors (Lipinski definition) is 1. The number of halogens is 1. The van der Waals surface area contributed by atoms with Gasteiger partial charge in [0.2, 0.25) is 5.91 Å². The number of phenols is 1. The Morgan fingerprint density at radius 3 is 2.52 bits per heavy atom. The van der Waals surface area contributed by atoms with Crippen LogP contribution in [0.5, 0.6) is 17.5 Å². The second-order valence-electron chi connectivity index (χ2n) is 17.9. The van der Waals surface area contributed by atoms with Gasteiger partial charge in [-0.1, -0.05) is 62.4 Å². The van der Waals surface area contributed by atoms with Crippen LogP contribution in [0.3, 0.4) is 0 Å². The van der Waals surface area contributed by atoms with E-state index in [1.54, 1.807) is 23.0 Å². The average Bonchev–Trinajstić information content (AvgIpc) is 4.00. The van der Waals surface area contributed by atoms with Crippen molar-refractivity contribution in [3.8, 4) is 23.6 Å². The fourth-order valence-electron chi connectivity index (χ4n) is 9.95. The first-order valence-corrected chi connectivity index (χ1v) is 22.9. The molecule has 15 heteroatoms. The summed E-state index contributed by atoms with van der Waals surface area (Å²) in [5, 5.41) is 23.2. The number of hydrogen-bond acceptors (Lipinski definition) is 11. The summed E-state index contributed by atoms with van der Waals surface area (Å²) in [6.07, 6.45) is 2.89. The number of phenolic OH excluding ortho intramolecular Hbond substituents is 1. The number of nitrogens with zero attached hydrogens (tertiary/aromatic N) is 8. The summed E-state index contributed by atoms with van der Waals surface area (Å²) in [6, 6.07) is 23.1. The summed E-state index contributed by atoms with van der Waals surface area (Å²) in [7, 11) is 1.54. The van der Waals surface area contributed by atoms with Gasteiger partial charge in [-0.3, -0.25) is 14.4 Å². The van der Waals surface area contributed by atoms with E-state index < -0.39 is 0 Å². The van der Waals surface area contributed by atoms with E-state index in [-0.39, 0.29) is 59.3 Å². The Morgan fingerprint density at radius 2 is 1.74 bits per heavy atom. The SMILES string of the molecule is C=CC(=O)N1CCN(c2nc(OC[C@@H]3CCN(C(=O)c4ccc5c(c4)CN(C(=O)c4cc(C(C)C)c(OC)cc4O)C5)C3)nc3c2CCN(c2cccc4cccc(Cl)c24)C3)C[C@@H]1CC#N. The number of aromatic nitrogens is 2. The standard InChI is InChI=1S/C51H53ClN8O6/c1-5-46(62)60-21-20-57(28-37(60)14-17-53)48-38-16-19-56(43-11-7-9-33-8-6-10-41(52)47(33)43)29-42(38)54-51(55-48)66-30-32-15-18-58(25-32)49(63)34-12-13-35-26-59(27-36(35)22-34)50(64)40-23-39(31(2)3)45(65-4)24-44(40)61/h5-13,22-24,31-32,37,61H,1,14-16,18-21,25-30H2,2-4H3/t32-,37+/m1/s1. The van der Waals surface area contributed by atoms with E-state index in [2.05, 4.69) is 40.6 Å². The van der Waals surface area contributed by atoms with Gasteiger partial charge in [0.1, 0.15) is 17.3 Å². The van der Waals surface area contributed by atoms with Gasteiger partial charge in [0.05, 0.1) is 55.1 Å². The maximum atomic E-state index is 14.0. The molecule has 9 rings (SSSR count). The van der Waals surface area contributed by atoms with Crippen LogP contribution < -0.4 is 19.3 Å². The van der Waals surface area contributed by atoms with E-state index in [0.717, 1.165) is 56.6 Å². The molecule has 2 saturated heterocycles. The molecule has 66 heavy (non-hydrogen) atoms. The van der Waals surface area contributed by atoms with Crippen molar-refractivity contribution >= 4 is 51.6 Å². The first kappa shape index (κ1) is 44.4. The molecule has 2 atom stereocenters. The van der Waals surface area contributed by atoms with Gasteiger partial charge in [-0.25, -0.2) is 0 Å². The van der Waals surface area contributed by atoms with E-state index >= 15 is 0 Å². The van der Waals surface area contributed by atoms with Crippen molar-refractivity contribution in [2.45, 2.75) is 64.7 Å². The van der Waals surface area contributed by atoms with Crippen LogP contribution in [0.25, 0.3) is 10.8 Å². The lowest BCUT2D eigenvalue weighted by atomic mass is 9.98. The Hall–Kier alpha value is -6.85. The highest BCUT2D eigenvalue weighted by Crippen LogP contribution is 2.39. The van der Waals surface area contributed by atoms with Crippen LogP contribution in [0.15, 0.2) is 79.4 Å². The number of benzene rings is 4. The molecule has 4 aromatic carbocycles. The zero-order valence-electron chi connectivity index (χ0n) is 37.5. The highest BCUT2D eigenvalue weighted by Gasteiger charge is 2.35. The number of aromatic hydroxyl groups is 1. The van der Waals surface area contributed by atoms with Crippen LogP contribution >= 0.6 is 11.6 Å². The topological polar surface area (TPSA) is 156 Å². The highest BCUT2D eigenvalue weighted by molar-refractivity contribution is 6.36. The number of rotatable bonds is 11. The minimum absolute atomic E-state index is 0.0373. The highest BCUT2D eigenvalue weighted by atomic mass is 35.5. The van der Waals surface area contributed by atoms with Gasteiger partial charge >= 0.3 is 6.01 Å². The zero-order chi connectivity index (χ0) is 46.2. The lowest BCUT2D eigenvalue weighted by Crippen LogP contribution is -2.55. The molecule has 2 fully saturated rings. The van der Waals surface area contributed by atoms with E-state index in [0.29, 0.717) is 88.3 Å². The third-order valence-electron chi connectivity index (χ3n) is 13.4. The predicted octanol–water partition coefficient (Wildman–Crippen LogP) is 7.50. The Labute approximate surface area is 389 Å². The number of amides is 3. The largest absolute Gasteiger partial charge is 0.507 e. The van der Waals surface area contributed by atoms with Crippen LogP contribution in [-0.4, -0.2) is 107 Å². The van der Waals surface area contributed by atoms with Gasteiger partial charge in [-0.15, -0.1) is 0 Å². The van der Waals surface area contributed by atoms with E-state index in [1.165, 1.54) is 12.1 Å². The minimum Gasteiger partial charge on any atom is -0.507 e. The van der Waals surface area contributed by atoms with Crippen LogP contribution in [0.1, 0.15) is 81.3 Å². The van der Waals surface area contributed by atoms with Crippen molar-refractivity contribution in [2.75, 3.05) is 62.8 Å². The molecule has 0 unspecified atom stereocenters. The quantitative estimate of drug-likeness (QED) is 0.131. The molecule has 0 spiro atoms. The summed E-state index contributed by atoms with van der Waals surface area (Å²) < 4.78 is 11.9. The van der Waals surface area contributed by atoms with Crippen molar-refractivity contribution in [3.05, 3.63) is 123 Å². The number of methoxy groups -OCH3 is 1. The van der Waals surface area contributed by atoms with E-state index in [9.17, 15) is 24.8 Å². The number of nitriles is 1. The summed E-state index contributed by atoms with van der Waals surface area (Å²) in [6.45, 7) is 12.4. The van der Waals surface area contributed by atoms with Crippen LogP contribution in [-0.2, 0) is 30.8 Å². The molecular formula is C51H53ClN8O6. The van der Waals surface area contributed by atoms with Gasteiger partial charge in [-0.05, 0) is 77.2 Å². The zero-order valence-corrected chi connectivity index (χ0v) is 38.3. The Morgan fingerprint density at radius 1 is 0.939 bits per heavy atom. The monoisotopic (exact) mass is 908 g/mol. The molecule has 14 nitrogen and oxygen atoms in total. The number of piperazine rings is 1. The molecule has 4 aliphatic heterocycles. The van der Waals surface area contributed by atoms with Crippen LogP contribution in [0.4, 0.5) is 11.5 Å². The van der Waals surface area contributed by atoms with E-state index in [4.69, 9.17) is 31.0 Å². The normalized spacial score (nSPS) is 18.0. The molecule has 5 heterocycles. The van der Waals surface area contributed by atoms with Crippen LogP contribution in [0, 0.1) is 17.2 Å². The fourth-order valence-corrected chi connectivity index (χ4v) is 10.2. The van der Waals surface area contributed by atoms with Crippen molar-refractivity contribution in [3.63, 3.8) is 0 Å². The van der Waals surface area contributed by atoms with Gasteiger partial charge < -0.3 is 39.1 Å². The lowest BCUT2D eigenvalue weighted by Gasteiger charge is -2.42. The first-order valence-electron chi connectivity index (χ1n) is 22.6. The Bertz CT molecular complexity index is 2790. The molecule has 3 amide bonds. The molecular weight excluding hydrogens is 856 g/mol. The Kier molecular flexibility index (Phi) is 12.5. The van der Waals surface area contributed by atoms with Gasteiger partial charge in [0.25, 0.3) is 11.8 Å². The summed E-state index contributed by atoms with van der Waals surface area (Å²) in [4.78, 5) is 60.2. The third kappa shape index (κ3) is 8.55. The van der Waals surface area contributed by atoms with Gasteiger partial charge in [0, 0.05) is 86.5 Å². The summed E-state index contributed by atoms with van der Waals surface area (Å²) in [5.74, 6) is 0.727. The molecule has 340 valence electrons. The number of anilines is 2. The first-order chi connectivity index (χ1) is 31.9. The molecule has 1 aromatic heterocycles. The molecule has 4 aliphatic rings. The fraction of sp³-hybridized carbons (Fsp3) is 0.373. The maximum Gasteiger partial charge on any atom is 0.318 e. The molecule has 0 aliphatic carbocycles. The molecule has 5 aromatic rings. The molecule has 0 saturated carbocycles. The second-order valence-corrected chi connectivity index (χ2v) is 18.3. The van der Waals surface area contributed by atoms with E-state index in [1.807, 2.05) is 55.1 Å². The van der Waals surface area contributed by atoms with Crippen molar-refractivity contribution in [1.82, 2.24) is 24.7 Å². The number of likely N-dealkylation sites (tertiary alicyclic amines) is 1. The maximum absolute atomic E-state index is 14.0. The van der Waals surface area contributed by atoms with Gasteiger partial charge in [0.15, 0.2) is 0 Å². The molecule has 1 N–H and O–H groups in total. The second kappa shape index (κ2) is 18.6. The predicted molar refractivity (Wildman–Crippen MR) is 252 cm³/mol. The Balaban J connectivity index is 0.901. The number of fused-ring (bicyclic) bond motifs is 3. The summed E-state index contributed by atoms with van der Waals surface area (Å²) >= 11 is 6.78. The minimum atomic E-state index is -0.330. The molecule has 0 radical (unpaired) electrons. The van der Waals surface area contributed by atoms with Crippen molar-refractivity contribution in [1.29, 1.82) is 5.26 Å².